The molecule has 0 aliphatic carbocycles. The summed E-state index contributed by atoms with van der Waals surface area (Å²) in [6.07, 6.45) is -3.27. The Labute approximate surface area is 120 Å². The van der Waals surface area contributed by atoms with Crippen molar-refractivity contribution >= 4 is 17.5 Å². The minimum Gasteiger partial charge on any atom is -0.326 e. The number of benzene rings is 1. The molecule has 0 spiro atoms. The summed E-state index contributed by atoms with van der Waals surface area (Å²) in [5.74, 6) is -1.11. The molecule has 0 fully saturated rings. The van der Waals surface area contributed by atoms with Gasteiger partial charge in [0.25, 0.3) is 5.91 Å². The highest BCUT2D eigenvalue weighted by atomic mass is 19.4. The van der Waals surface area contributed by atoms with Gasteiger partial charge in [-0.15, -0.1) is 6.58 Å². The van der Waals surface area contributed by atoms with E-state index in [9.17, 15) is 22.8 Å². The zero-order chi connectivity index (χ0) is 16.0. The first-order valence-electron chi connectivity index (χ1n) is 6.07. The van der Waals surface area contributed by atoms with Gasteiger partial charge in [0.05, 0.1) is 0 Å². The molecule has 0 atom stereocenters. The van der Waals surface area contributed by atoms with Crippen molar-refractivity contribution in [3.05, 3.63) is 42.5 Å². The van der Waals surface area contributed by atoms with Crippen LogP contribution in [0.5, 0.6) is 0 Å². The van der Waals surface area contributed by atoms with Crippen LogP contribution in [0, 0.1) is 0 Å². The number of carbonyl (C=O) groups excluding carboxylic acids is 2. The van der Waals surface area contributed by atoms with E-state index in [0.29, 0.717) is 10.6 Å². The Morgan fingerprint density at radius 2 is 2.05 bits per heavy atom. The Bertz CT molecular complexity index is 541. The Balaban J connectivity index is 2.97. The first-order valence-corrected chi connectivity index (χ1v) is 6.07. The highest BCUT2D eigenvalue weighted by Crippen LogP contribution is 2.19. The summed E-state index contributed by atoms with van der Waals surface area (Å²) in [6, 6.07) is 5.74. The number of nitrogens with zero attached hydrogens (tertiary/aromatic N) is 1. The Hall–Kier alpha value is -2.31. The van der Waals surface area contributed by atoms with Gasteiger partial charge in [0.1, 0.15) is 6.54 Å². The van der Waals surface area contributed by atoms with Crippen LogP contribution in [0.15, 0.2) is 36.9 Å². The number of hydrogen-bond donors (Lipinski definition) is 1. The van der Waals surface area contributed by atoms with E-state index in [1.54, 1.807) is 6.07 Å². The van der Waals surface area contributed by atoms with E-state index in [1.807, 2.05) is 0 Å². The third kappa shape index (κ3) is 5.68. The molecule has 0 saturated carbocycles. The molecule has 1 aromatic rings. The molecule has 0 aromatic heterocycles. The van der Waals surface area contributed by atoms with Gasteiger partial charge in [-0.05, 0) is 18.2 Å². The third-order valence-corrected chi connectivity index (χ3v) is 2.44. The normalized spacial score (nSPS) is 10.9. The van der Waals surface area contributed by atoms with Crippen molar-refractivity contribution in [3.63, 3.8) is 0 Å². The van der Waals surface area contributed by atoms with E-state index in [1.165, 1.54) is 31.2 Å². The van der Waals surface area contributed by atoms with Crippen molar-refractivity contribution in [1.82, 2.24) is 4.90 Å². The maximum Gasteiger partial charge on any atom is 0.406 e. The van der Waals surface area contributed by atoms with Crippen molar-refractivity contribution in [2.45, 2.75) is 13.1 Å². The topological polar surface area (TPSA) is 49.4 Å². The Kier molecular flexibility index (Phi) is 5.52. The fourth-order valence-electron chi connectivity index (χ4n) is 1.71. The van der Waals surface area contributed by atoms with Crippen LogP contribution in [0.1, 0.15) is 17.3 Å². The highest BCUT2D eigenvalue weighted by molar-refractivity contribution is 5.96. The van der Waals surface area contributed by atoms with Crippen molar-refractivity contribution in [1.29, 1.82) is 0 Å². The number of alkyl halides is 3. The number of halogens is 3. The first kappa shape index (κ1) is 16.7. The molecule has 0 aliphatic rings. The van der Waals surface area contributed by atoms with Gasteiger partial charge >= 0.3 is 6.18 Å². The van der Waals surface area contributed by atoms with Crippen LogP contribution in [0.4, 0.5) is 18.9 Å². The van der Waals surface area contributed by atoms with Gasteiger partial charge in [-0.25, -0.2) is 0 Å². The Morgan fingerprint density at radius 3 is 2.57 bits per heavy atom. The van der Waals surface area contributed by atoms with Crippen molar-refractivity contribution in [3.8, 4) is 0 Å². The standard InChI is InChI=1S/C14H15F3N2O2/c1-3-7-19(9-14(15,16)17)13(21)11-5-4-6-12(8-11)18-10(2)20/h3-6,8H,1,7,9H2,2H3,(H,18,20). The summed E-state index contributed by atoms with van der Waals surface area (Å²) >= 11 is 0. The summed E-state index contributed by atoms with van der Waals surface area (Å²) in [6.45, 7) is 3.06. The molecule has 1 N–H and O–H groups in total. The van der Waals surface area contributed by atoms with Crippen LogP contribution in [0.3, 0.4) is 0 Å². The molecule has 0 saturated heterocycles. The maximum absolute atomic E-state index is 12.5. The fraction of sp³-hybridized carbons (Fsp3) is 0.286. The second-order valence-electron chi connectivity index (χ2n) is 4.35. The van der Waals surface area contributed by atoms with Gasteiger partial charge < -0.3 is 10.2 Å². The molecule has 0 radical (unpaired) electrons. The number of amides is 2. The summed E-state index contributed by atoms with van der Waals surface area (Å²) < 4.78 is 37.4. The predicted molar refractivity (Wildman–Crippen MR) is 72.9 cm³/mol. The van der Waals surface area contributed by atoms with Gasteiger partial charge in [0.2, 0.25) is 5.91 Å². The number of nitrogens with one attached hydrogen (secondary N) is 1. The van der Waals surface area contributed by atoms with Crippen LogP contribution >= 0.6 is 0 Å². The van der Waals surface area contributed by atoms with E-state index in [0.717, 1.165) is 0 Å². The van der Waals surface area contributed by atoms with Gasteiger partial charge in [0, 0.05) is 24.7 Å². The lowest BCUT2D eigenvalue weighted by Crippen LogP contribution is -2.39. The average Bonchev–Trinajstić information content (AvgIpc) is 2.35. The number of carbonyl (C=O) groups is 2. The Morgan fingerprint density at radius 1 is 1.38 bits per heavy atom. The van der Waals surface area contributed by atoms with Crippen LogP contribution in [0.2, 0.25) is 0 Å². The van der Waals surface area contributed by atoms with Gasteiger partial charge in [-0.2, -0.15) is 13.2 Å². The van der Waals surface area contributed by atoms with Crippen molar-refractivity contribution in [2.24, 2.45) is 0 Å². The van der Waals surface area contributed by atoms with Crippen LogP contribution in [-0.4, -0.2) is 36.0 Å². The molecule has 2 amide bonds. The molecule has 0 aliphatic heterocycles. The molecule has 1 aromatic carbocycles. The highest BCUT2D eigenvalue weighted by Gasteiger charge is 2.32. The predicted octanol–water partition coefficient (Wildman–Crippen LogP) is 2.84. The summed E-state index contributed by atoms with van der Waals surface area (Å²) in [5, 5.41) is 2.47. The summed E-state index contributed by atoms with van der Waals surface area (Å²) in [5.41, 5.74) is 0.409. The van der Waals surface area contributed by atoms with Gasteiger partial charge in [0.15, 0.2) is 0 Å². The second-order valence-corrected chi connectivity index (χ2v) is 4.35. The fourth-order valence-corrected chi connectivity index (χ4v) is 1.71. The lowest BCUT2D eigenvalue weighted by atomic mass is 10.1. The number of anilines is 1. The minimum atomic E-state index is -4.49. The second kappa shape index (κ2) is 6.92. The van der Waals surface area contributed by atoms with Crippen LogP contribution in [-0.2, 0) is 4.79 Å². The van der Waals surface area contributed by atoms with Gasteiger partial charge in [-0.1, -0.05) is 12.1 Å². The molecule has 1 rings (SSSR count). The molecule has 0 heterocycles. The summed E-state index contributed by atoms with van der Waals surface area (Å²) in [4.78, 5) is 23.7. The third-order valence-electron chi connectivity index (χ3n) is 2.44. The van der Waals surface area contributed by atoms with E-state index in [4.69, 9.17) is 0 Å². The van der Waals surface area contributed by atoms with Crippen LogP contribution < -0.4 is 5.32 Å². The number of hydrogen-bond acceptors (Lipinski definition) is 2. The van der Waals surface area contributed by atoms with E-state index < -0.39 is 18.6 Å². The maximum atomic E-state index is 12.5. The molecular weight excluding hydrogens is 285 g/mol. The molecule has 7 heteroatoms. The lowest BCUT2D eigenvalue weighted by molar-refractivity contribution is -0.139. The molecule has 114 valence electrons. The van der Waals surface area contributed by atoms with Crippen LogP contribution in [0.25, 0.3) is 0 Å². The van der Waals surface area contributed by atoms with Crippen molar-refractivity contribution in [2.75, 3.05) is 18.4 Å². The largest absolute Gasteiger partial charge is 0.406 e. The molecule has 4 nitrogen and oxygen atoms in total. The van der Waals surface area contributed by atoms with Crippen molar-refractivity contribution < 1.29 is 22.8 Å². The number of rotatable bonds is 5. The SMILES string of the molecule is C=CCN(CC(F)(F)F)C(=O)c1cccc(NC(C)=O)c1. The minimum absolute atomic E-state index is 0.0624. The zero-order valence-corrected chi connectivity index (χ0v) is 11.4. The zero-order valence-electron chi connectivity index (χ0n) is 11.4. The molecular formula is C14H15F3N2O2. The van der Waals surface area contributed by atoms with E-state index in [-0.39, 0.29) is 18.0 Å². The first-order chi connectivity index (χ1) is 9.73. The summed E-state index contributed by atoms with van der Waals surface area (Å²) in [7, 11) is 0. The quantitative estimate of drug-likeness (QED) is 0.850. The molecule has 0 unspecified atom stereocenters. The molecule has 0 bridgehead atoms. The van der Waals surface area contributed by atoms with Gasteiger partial charge in [-0.3, -0.25) is 9.59 Å². The molecule has 21 heavy (non-hydrogen) atoms. The lowest BCUT2D eigenvalue weighted by Gasteiger charge is -2.22. The van der Waals surface area contributed by atoms with E-state index >= 15 is 0 Å². The smallest absolute Gasteiger partial charge is 0.326 e. The monoisotopic (exact) mass is 300 g/mol. The average molecular weight is 300 g/mol. The van der Waals surface area contributed by atoms with E-state index in [2.05, 4.69) is 11.9 Å².